The minimum atomic E-state index is -0.435. The Morgan fingerprint density at radius 2 is 2.36 bits per heavy atom. The van der Waals surface area contributed by atoms with E-state index < -0.39 is 6.10 Å². The molecule has 0 saturated heterocycles. The molecular weight excluding hydrogens is 302 g/mol. The lowest BCUT2D eigenvalue weighted by molar-refractivity contribution is 0.117. The molecule has 7 heteroatoms. The number of rotatable bonds is 5. The Bertz CT molecular complexity index is 684. The predicted molar refractivity (Wildman–Crippen MR) is 86.6 cm³/mol. The van der Waals surface area contributed by atoms with Gasteiger partial charge in [0.15, 0.2) is 5.13 Å². The number of aliphatic hydroxyl groups excluding tert-OH is 1. The molecular formula is C15H19N3O3S. The fourth-order valence-electron chi connectivity index (χ4n) is 2.27. The number of amides is 2. The summed E-state index contributed by atoms with van der Waals surface area (Å²) in [6.45, 7) is 0.342. The number of methoxy groups -OCH3 is 1. The van der Waals surface area contributed by atoms with Gasteiger partial charge in [-0.1, -0.05) is 11.3 Å². The molecule has 1 saturated carbocycles. The molecule has 2 N–H and O–H groups in total. The summed E-state index contributed by atoms with van der Waals surface area (Å²) >= 11 is 1.40. The molecule has 1 aliphatic carbocycles. The van der Waals surface area contributed by atoms with Crippen LogP contribution in [0.5, 0.6) is 5.75 Å². The number of fused-ring (bicyclic) bond motifs is 1. The van der Waals surface area contributed by atoms with Crippen LogP contribution in [0.4, 0.5) is 9.93 Å². The van der Waals surface area contributed by atoms with E-state index in [1.165, 1.54) is 16.2 Å². The minimum Gasteiger partial charge on any atom is -0.497 e. The van der Waals surface area contributed by atoms with Crippen LogP contribution in [-0.2, 0) is 0 Å². The number of benzene rings is 1. The van der Waals surface area contributed by atoms with Crippen molar-refractivity contribution in [3.63, 3.8) is 0 Å². The number of likely N-dealkylation sites (N-methyl/N-ethyl adjacent to an activating group) is 1. The number of anilines is 1. The summed E-state index contributed by atoms with van der Waals surface area (Å²) in [7, 11) is 3.29. The molecule has 0 aliphatic heterocycles. The minimum absolute atomic E-state index is 0.259. The summed E-state index contributed by atoms with van der Waals surface area (Å²) in [4.78, 5) is 18.0. The van der Waals surface area contributed by atoms with Gasteiger partial charge in [-0.05, 0) is 37.0 Å². The summed E-state index contributed by atoms with van der Waals surface area (Å²) in [5.41, 5.74) is 0.821. The average molecular weight is 321 g/mol. The number of aromatic nitrogens is 1. The van der Waals surface area contributed by atoms with Gasteiger partial charge in [0.25, 0.3) is 0 Å². The normalized spacial score (nSPS) is 15.6. The van der Waals surface area contributed by atoms with Gasteiger partial charge in [-0.2, -0.15) is 0 Å². The van der Waals surface area contributed by atoms with Crippen molar-refractivity contribution in [2.75, 3.05) is 26.0 Å². The lowest BCUT2D eigenvalue weighted by Crippen LogP contribution is -2.37. The predicted octanol–water partition coefficient (Wildman–Crippen LogP) is 2.54. The first kappa shape index (κ1) is 15.1. The standard InChI is InChI=1S/C15H19N3O3S/c1-18(8-12(19)9-3-4-9)15(20)17-14-16-11-6-5-10(21-2)7-13(11)22-14/h5-7,9,12,19H,3-4,8H2,1-2H3,(H,16,17,20). The van der Waals surface area contributed by atoms with Gasteiger partial charge in [0.1, 0.15) is 5.75 Å². The zero-order chi connectivity index (χ0) is 15.7. The lowest BCUT2D eigenvalue weighted by atomic mass is 10.2. The maximum Gasteiger partial charge on any atom is 0.323 e. The van der Waals surface area contributed by atoms with E-state index in [0.717, 1.165) is 28.8 Å². The van der Waals surface area contributed by atoms with E-state index in [0.29, 0.717) is 17.6 Å². The van der Waals surface area contributed by atoms with Crippen molar-refractivity contribution in [3.05, 3.63) is 18.2 Å². The zero-order valence-electron chi connectivity index (χ0n) is 12.6. The molecule has 1 aliphatic rings. The number of thiazole rings is 1. The van der Waals surface area contributed by atoms with Crippen molar-refractivity contribution < 1.29 is 14.6 Å². The summed E-state index contributed by atoms with van der Waals surface area (Å²) in [6, 6.07) is 5.33. The summed E-state index contributed by atoms with van der Waals surface area (Å²) < 4.78 is 6.13. The lowest BCUT2D eigenvalue weighted by Gasteiger charge is -2.20. The van der Waals surface area contributed by atoms with Crippen molar-refractivity contribution in [2.45, 2.75) is 18.9 Å². The van der Waals surface area contributed by atoms with Gasteiger partial charge >= 0.3 is 6.03 Å². The zero-order valence-corrected chi connectivity index (χ0v) is 13.4. The SMILES string of the molecule is COc1ccc2nc(NC(=O)N(C)CC(O)C3CC3)sc2c1. The Balaban J connectivity index is 1.65. The maximum absolute atomic E-state index is 12.1. The first-order valence-corrected chi connectivity index (χ1v) is 8.03. The van der Waals surface area contributed by atoms with Crippen molar-refractivity contribution in [2.24, 2.45) is 5.92 Å². The number of ether oxygens (including phenoxy) is 1. The third-order valence-electron chi connectivity index (χ3n) is 3.78. The van der Waals surface area contributed by atoms with Crippen LogP contribution >= 0.6 is 11.3 Å². The highest BCUT2D eigenvalue weighted by Gasteiger charge is 2.31. The molecule has 1 heterocycles. The molecule has 1 aromatic heterocycles. The molecule has 2 amide bonds. The van der Waals surface area contributed by atoms with E-state index in [9.17, 15) is 9.90 Å². The Kier molecular flexibility index (Phi) is 4.17. The highest BCUT2D eigenvalue weighted by atomic mass is 32.1. The molecule has 2 aromatic rings. The van der Waals surface area contributed by atoms with Gasteiger partial charge in [0.2, 0.25) is 0 Å². The number of nitrogens with one attached hydrogen (secondary N) is 1. The Hall–Kier alpha value is -1.86. The Morgan fingerprint density at radius 1 is 1.59 bits per heavy atom. The largest absolute Gasteiger partial charge is 0.497 e. The van der Waals surface area contributed by atoms with Crippen LogP contribution < -0.4 is 10.1 Å². The van der Waals surface area contributed by atoms with Gasteiger partial charge in [0.05, 0.1) is 23.4 Å². The van der Waals surface area contributed by atoms with Crippen LogP contribution in [0.15, 0.2) is 18.2 Å². The third-order valence-corrected chi connectivity index (χ3v) is 4.72. The van der Waals surface area contributed by atoms with E-state index in [2.05, 4.69) is 10.3 Å². The number of aliphatic hydroxyl groups is 1. The quantitative estimate of drug-likeness (QED) is 0.887. The number of urea groups is 1. The number of carbonyl (C=O) groups excluding carboxylic acids is 1. The van der Waals surface area contributed by atoms with E-state index in [1.54, 1.807) is 14.2 Å². The number of nitrogens with zero attached hydrogens (tertiary/aromatic N) is 2. The maximum atomic E-state index is 12.1. The summed E-state index contributed by atoms with van der Waals surface area (Å²) in [5, 5.41) is 13.2. The van der Waals surface area contributed by atoms with Crippen molar-refractivity contribution >= 4 is 32.7 Å². The van der Waals surface area contributed by atoms with E-state index in [4.69, 9.17) is 4.74 Å². The summed E-state index contributed by atoms with van der Waals surface area (Å²) in [5.74, 6) is 1.11. The van der Waals surface area contributed by atoms with Crippen molar-refractivity contribution in [1.29, 1.82) is 0 Å². The first-order valence-electron chi connectivity index (χ1n) is 7.21. The molecule has 118 valence electrons. The van der Waals surface area contributed by atoms with E-state index in [-0.39, 0.29) is 6.03 Å². The van der Waals surface area contributed by atoms with Crippen LogP contribution in [0.25, 0.3) is 10.2 Å². The number of hydrogen-bond acceptors (Lipinski definition) is 5. The number of carbonyl (C=O) groups is 1. The molecule has 1 fully saturated rings. The van der Waals surface area contributed by atoms with Gasteiger partial charge in [-0.15, -0.1) is 0 Å². The molecule has 1 aromatic carbocycles. The second-order valence-electron chi connectivity index (χ2n) is 5.57. The van der Waals surface area contributed by atoms with Gasteiger partial charge < -0.3 is 14.7 Å². The van der Waals surface area contributed by atoms with E-state index >= 15 is 0 Å². The van der Waals surface area contributed by atoms with Gasteiger partial charge in [-0.3, -0.25) is 5.32 Å². The van der Waals surface area contributed by atoms with Gasteiger partial charge in [0, 0.05) is 13.6 Å². The molecule has 3 rings (SSSR count). The Morgan fingerprint density at radius 3 is 3.05 bits per heavy atom. The molecule has 6 nitrogen and oxygen atoms in total. The molecule has 0 radical (unpaired) electrons. The Labute approximate surface area is 132 Å². The highest BCUT2D eigenvalue weighted by molar-refractivity contribution is 7.22. The molecule has 0 bridgehead atoms. The molecule has 1 atom stereocenters. The smallest absolute Gasteiger partial charge is 0.323 e. The van der Waals surface area contributed by atoms with Crippen LogP contribution in [0.3, 0.4) is 0 Å². The van der Waals surface area contributed by atoms with E-state index in [1.807, 2.05) is 18.2 Å². The van der Waals surface area contributed by atoms with Crippen LogP contribution in [0.2, 0.25) is 0 Å². The average Bonchev–Trinajstić information content (AvgIpc) is 3.27. The fourth-order valence-corrected chi connectivity index (χ4v) is 3.15. The fraction of sp³-hybridized carbons (Fsp3) is 0.467. The molecule has 0 spiro atoms. The molecule has 22 heavy (non-hydrogen) atoms. The topological polar surface area (TPSA) is 74.7 Å². The third kappa shape index (κ3) is 3.31. The first-order chi connectivity index (χ1) is 10.6. The highest BCUT2D eigenvalue weighted by Crippen LogP contribution is 2.33. The van der Waals surface area contributed by atoms with Crippen LogP contribution in [0.1, 0.15) is 12.8 Å². The van der Waals surface area contributed by atoms with Gasteiger partial charge in [-0.25, -0.2) is 9.78 Å². The number of hydrogen-bond donors (Lipinski definition) is 2. The monoisotopic (exact) mass is 321 g/mol. The van der Waals surface area contributed by atoms with Crippen LogP contribution in [-0.4, -0.2) is 47.8 Å². The van der Waals surface area contributed by atoms with Crippen LogP contribution in [0, 0.1) is 5.92 Å². The molecule has 1 unspecified atom stereocenters. The summed E-state index contributed by atoms with van der Waals surface area (Å²) in [6.07, 6.45) is 1.67. The second kappa shape index (κ2) is 6.10. The second-order valence-corrected chi connectivity index (χ2v) is 6.60. The van der Waals surface area contributed by atoms with Crippen molar-refractivity contribution in [1.82, 2.24) is 9.88 Å². The van der Waals surface area contributed by atoms with Crippen molar-refractivity contribution in [3.8, 4) is 5.75 Å².